The minimum atomic E-state index is -0.823. The Bertz CT molecular complexity index is 1670. The van der Waals surface area contributed by atoms with Crippen molar-refractivity contribution >= 4 is 5.69 Å². The van der Waals surface area contributed by atoms with E-state index in [1.165, 1.54) is 0 Å². The molecule has 1 heterocycles. The lowest BCUT2D eigenvalue weighted by molar-refractivity contribution is 0.0751. The Labute approximate surface area is 265 Å². The zero-order chi connectivity index (χ0) is 30.9. The molecule has 6 heteroatoms. The van der Waals surface area contributed by atoms with E-state index in [4.69, 9.17) is 15.0 Å². The number of rotatable bonds is 13. The van der Waals surface area contributed by atoms with Gasteiger partial charge in [-0.1, -0.05) is 141 Å². The van der Waals surface area contributed by atoms with Crippen molar-refractivity contribution in [2.75, 3.05) is 11.9 Å². The molecule has 45 heavy (non-hydrogen) atoms. The van der Waals surface area contributed by atoms with Gasteiger partial charge in [-0.2, -0.15) is 0 Å². The zero-order valence-electron chi connectivity index (χ0n) is 25.9. The molecule has 1 N–H and O–H groups in total. The standard InChI is InChI=1S/C39H39N5O/c1-3-5-25-37(45-4-2)40-34-28-26-30(27-29-34)35-23-15-16-24-36(35)38-41-42-43-44(38)39(31-17-9-6-10-18-31,32-19-11-7-12-20-32)33-21-13-8-14-22-33/h6-24,26-29,37,40H,3-5,25H2,1-2H3. The zero-order valence-corrected chi connectivity index (χ0v) is 25.9. The molecule has 1 atom stereocenters. The van der Waals surface area contributed by atoms with Crippen molar-refractivity contribution in [2.45, 2.75) is 44.9 Å². The number of benzene rings is 5. The van der Waals surface area contributed by atoms with Crippen molar-refractivity contribution in [3.63, 3.8) is 0 Å². The second-order valence-electron chi connectivity index (χ2n) is 11.1. The van der Waals surface area contributed by atoms with Gasteiger partial charge in [-0.3, -0.25) is 0 Å². The third-order valence-corrected chi connectivity index (χ3v) is 8.24. The molecule has 0 fully saturated rings. The van der Waals surface area contributed by atoms with Crippen LogP contribution in [-0.4, -0.2) is 33.0 Å². The van der Waals surface area contributed by atoms with Gasteiger partial charge >= 0.3 is 0 Å². The van der Waals surface area contributed by atoms with Gasteiger partial charge in [-0.05, 0) is 70.1 Å². The normalized spacial score (nSPS) is 12.1. The summed E-state index contributed by atoms with van der Waals surface area (Å²) in [6.07, 6.45) is 3.23. The number of unbranched alkanes of at least 4 members (excludes halogenated alkanes) is 1. The molecule has 6 rings (SSSR count). The van der Waals surface area contributed by atoms with Crippen molar-refractivity contribution in [3.8, 4) is 22.5 Å². The number of nitrogens with zero attached hydrogens (tertiary/aromatic N) is 4. The smallest absolute Gasteiger partial charge is 0.184 e. The lowest BCUT2D eigenvalue weighted by Gasteiger charge is -2.36. The monoisotopic (exact) mass is 593 g/mol. The van der Waals surface area contributed by atoms with Crippen molar-refractivity contribution < 1.29 is 4.74 Å². The molecule has 1 unspecified atom stereocenters. The Morgan fingerprint density at radius 2 is 1.20 bits per heavy atom. The van der Waals surface area contributed by atoms with E-state index in [1.54, 1.807) is 0 Å². The SMILES string of the molecule is CCCCC(Nc1ccc(-c2ccccc2-c2nnnn2C(c2ccccc2)(c2ccccc2)c2ccccc2)cc1)OCC. The first-order valence-electron chi connectivity index (χ1n) is 15.8. The van der Waals surface area contributed by atoms with E-state index in [-0.39, 0.29) is 6.23 Å². The van der Waals surface area contributed by atoms with E-state index in [2.05, 4.69) is 133 Å². The Balaban J connectivity index is 1.48. The lowest BCUT2D eigenvalue weighted by atomic mass is 9.77. The van der Waals surface area contributed by atoms with Crippen LogP contribution in [0.4, 0.5) is 5.69 Å². The molecule has 1 aromatic heterocycles. The summed E-state index contributed by atoms with van der Waals surface area (Å²) in [5, 5.41) is 17.3. The van der Waals surface area contributed by atoms with Gasteiger partial charge < -0.3 is 10.1 Å². The van der Waals surface area contributed by atoms with Gasteiger partial charge in [-0.25, -0.2) is 4.68 Å². The predicted molar refractivity (Wildman–Crippen MR) is 182 cm³/mol. The van der Waals surface area contributed by atoms with E-state index in [9.17, 15) is 0 Å². The van der Waals surface area contributed by atoms with Gasteiger partial charge in [-0.15, -0.1) is 5.10 Å². The van der Waals surface area contributed by atoms with Crippen LogP contribution < -0.4 is 5.32 Å². The van der Waals surface area contributed by atoms with Crippen molar-refractivity contribution in [2.24, 2.45) is 0 Å². The molecule has 0 spiro atoms. The minimum absolute atomic E-state index is 0.000190. The van der Waals surface area contributed by atoms with Crippen LogP contribution in [0.3, 0.4) is 0 Å². The highest BCUT2D eigenvalue weighted by Crippen LogP contribution is 2.43. The summed E-state index contributed by atoms with van der Waals surface area (Å²) in [5.74, 6) is 0.681. The second kappa shape index (κ2) is 14.1. The highest BCUT2D eigenvalue weighted by Gasteiger charge is 2.42. The summed E-state index contributed by atoms with van der Waals surface area (Å²) >= 11 is 0. The summed E-state index contributed by atoms with van der Waals surface area (Å²) in [6.45, 7) is 4.92. The van der Waals surface area contributed by atoms with Gasteiger partial charge in [0.25, 0.3) is 0 Å². The fraction of sp³-hybridized carbons (Fsp3) is 0.205. The number of tetrazole rings is 1. The van der Waals surface area contributed by atoms with E-state index < -0.39 is 5.54 Å². The third kappa shape index (κ3) is 6.15. The van der Waals surface area contributed by atoms with E-state index in [0.717, 1.165) is 58.3 Å². The van der Waals surface area contributed by atoms with Crippen LogP contribution in [-0.2, 0) is 10.3 Å². The Kier molecular flexibility index (Phi) is 9.42. The quantitative estimate of drug-likeness (QED) is 0.107. The fourth-order valence-corrected chi connectivity index (χ4v) is 6.14. The minimum Gasteiger partial charge on any atom is -0.360 e. The maximum absolute atomic E-state index is 5.95. The molecule has 0 amide bonds. The van der Waals surface area contributed by atoms with Gasteiger partial charge in [0.15, 0.2) is 5.82 Å². The van der Waals surface area contributed by atoms with Crippen molar-refractivity contribution in [1.29, 1.82) is 0 Å². The van der Waals surface area contributed by atoms with E-state index in [0.29, 0.717) is 12.4 Å². The Hall–Kier alpha value is -5.07. The molecule has 0 aliphatic heterocycles. The van der Waals surface area contributed by atoms with Gasteiger partial charge in [0, 0.05) is 17.9 Å². The van der Waals surface area contributed by atoms with Gasteiger partial charge in [0.1, 0.15) is 11.8 Å². The lowest BCUT2D eigenvalue weighted by Crippen LogP contribution is -2.39. The maximum Gasteiger partial charge on any atom is 0.184 e. The van der Waals surface area contributed by atoms with Gasteiger partial charge in [0.05, 0.1) is 0 Å². The number of hydrogen-bond donors (Lipinski definition) is 1. The largest absolute Gasteiger partial charge is 0.360 e. The summed E-state index contributed by atoms with van der Waals surface area (Å²) in [7, 11) is 0. The number of aromatic nitrogens is 4. The number of hydrogen-bond acceptors (Lipinski definition) is 5. The molecule has 226 valence electrons. The third-order valence-electron chi connectivity index (χ3n) is 8.24. The van der Waals surface area contributed by atoms with Crippen LogP contribution in [0.25, 0.3) is 22.5 Å². The summed E-state index contributed by atoms with van der Waals surface area (Å²) in [6, 6.07) is 48.3. The van der Waals surface area contributed by atoms with Crippen molar-refractivity contribution in [3.05, 3.63) is 156 Å². The van der Waals surface area contributed by atoms with Crippen LogP contribution in [0.5, 0.6) is 0 Å². The first-order valence-corrected chi connectivity index (χ1v) is 15.8. The number of anilines is 1. The molecule has 6 aromatic rings. The molecule has 5 aromatic carbocycles. The average Bonchev–Trinajstić information content (AvgIpc) is 3.60. The molecule has 0 bridgehead atoms. The van der Waals surface area contributed by atoms with Crippen LogP contribution in [0, 0.1) is 0 Å². The van der Waals surface area contributed by atoms with E-state index >= 15 is 0 Å². The van der Waals surface area contributed by atoms with Crippen molar-refractivity contribution in [1.82, 2.24) is 20.2 Å². The Morgan fingerprint density at radius 1 is 0.667 bits per heavy atom. The molecule has 0 aliphatic rings. The Morgan fingerprint density at radius 3 is 1.73 bits per heavy atom. The summed E-state index contributed by atoms with van der Waals surface area (Å²) in [5.41, 5.74) is 6.49. The summed E-state index contributed by atoms with van der Waals surface area (Å²) in [4.78, 5) is 0. The average molecular weight is 594 g/mol. The molecule has 0 radical (unpaired) electrons. The highest BCUT2D eigenvalue weighted by molar-refractivity contribution is 5.81. The summed E-state index contributed by atoms with van der Waals surface area (Å²) < 4.78 is 7.94. The number of ether oxygens (including phenoxy) is 1. The first-order chi connectivity index (χ1) is 22.3. The molecule has 0 saturated heterocycles. The molecule has 0 saturated carbocycles. The maximum atomic E-state index is 5.95. The topological polar surface area (TPSA) is 64.9 Å². The highest BCUT2D eigenvalue weighted by atomic mass is 16.5. The van der Waals surface area contributed by atoms with Crippen LogP contribution in [0.1, 0.15) is 49.8 Å². The molecule has 0 aliphatic carbocycles. The molecule has 6 nitrogen and oxygen atoms in total. The second-order valence-corrected chi connectivity index (χ2v) is 11.1. The van der Waals surface area contributed by atoms with Crippen LogP contribution >= 0.6 is 0 Å². The number of nitrogens with one attached hydrogen (secondary N) is 1. The van der Waals surface area contributed by atoms with Gasteiger partial charge in [0.2, 0.25) is 0 Å². The first kappa shape index (κ1) is 30.0. The molecular formula is C39H39N5O. The van der Waals surface area contributed by atoms with Crippen LogP contribution in [0.2, 0.25) is 0 Å². The van der Waals surface area contributed by atoms with E-state index in [1.807, 2.05) is 35.9 Å². The molecular weight excluding hydrogens is 554 g/mol. The predicted octanol–water partition coefficient (Wildman–Crippen LogP) is 8.81. The fourth-order valence-electron chi connectivity index (χ4n) is 6.14. The van der Waals surface area contributed by atoms with Crippen LogP contribution in [0.15, 0.2) is 140 Å².